The Hall–Kier alpha value is -2.14. The highest BCUT2D eigenvalue weighted by atomic mass is 16.4. The van der Waals surface area contributed by atoms with Gasteiger partial charge >= 0.3 is 5.97 Å². The first-order chi connectivity index (χ1) is 9.20. The smallest absolute Gasteiger partial charge is 0.328 e. The predicted octanol–water partition coefficient (Wildman–Crippen LogP) is 2.10. The van der Waals surface area contributed by atoms with Crippen LogP contribution in [0.2, 0.25) is 0 Å². The van der Waals surface area contributed by atoms with E-state index in [-0.39, 0.29) is 11.3 Å². The lowest BCUT2D eigenvalue weighted by Crippen LogP contribution is -2.45. The Bertz CT molecular complexity index is 530. The van der Waals surface area contributed by atoms with Crippen molar-refractivity contribution >= 4 is 23.6 Å². The van der Waals surface area contributed by atoms with Crippen LogP contribution in [0.3, 0.4) is 0 Å². The Morgan fingerprint density at radius 3 is 2.55 bits per heavy atom. The SMILES string of the molecule is CC(C)(C)[C@@H](N)C(=O)Nc1cccc(/C=C/C(=O)O)c1. The van der Waals surface area contributed by atoms with Crippen molar-refractivity contribution in [3.05, 3.63) is 35.9 Å². The van der Waals surface area contributed by atoms with Crippen LogP contribution in [-0.2, 0) is 9.59 Å². The van der Waals surface area contributed by atoms with E-state index in [1.54, 1.807) is 24.3 Å². The average molecular weight is 276 g/mol. The van der Waals surface area contributed by atoms with Gasteiger partial charge in [0.15, 0.2) is 0 Å². The van der Waals surface area contributed by atoms with Gasteiger partial charge in [-0.05, 0) is 29.2 Å². The highest BCUT2D eigenvalue weighted by Crippen LogP contribution is 2.19. The number of nitrogens with two attached hydrogens (primary N) is 1. The van der Waals surface area contributed by atoms with Crippen molar-refractivity contribution in [3.8, 4) is 0 Å². The topological polar surface area (TPSA) is 92.4 Å². The highest BCUT2D eigenvalue weighted by Gasteiger charge is 2.27. The van der Waals surface area contributed by atoms with E-state index in [0.29, 0.717) is 11.3 Å². The summed E-state index contributed by atoms with van der Waals surface area (Å²) in [4.78, 5) is 22.5. The molecule has 20 heavy (non-hydrogen) atoms. The molecule has 4 N–H and O–H groups in total. The van der Waals surface area contributed by atoms with Crippen LogP contribution in [0.5, 0.6) is 0 Å². The van der Waals surface area contributed by atoms with Gasteiger partial charge < -0.3 is 16.2 Å². The number of hydrogen-bond acceptors (Lipinski definition) is 3. The van der Waals surface area contributed by atoms with Crippen LogP contribution >= 0.6 is 0 Å². The maximum atomic E-state index is 12.0. The van der Waals surface area contributed by atoms with E-state index in [1.807, 2.05) is 20.8 Å². The fourth-order valence-corrected chi connectivity index (χ4v) is 1.50. The summed E-state index contributed by atoms with van der Waals surface area (Å²) >= 11 is 0. The number of amides is 1. The third-order valence-corrected chi connectivity index (χ3v) is 2.79. The summed E-state index contributed by atoms with van der Waals surface area (Å²) in [5.74, 6) is -1.29. The van der Waals surface area contributed by atoms with Crippen LogP contribution in [0.15, 0.2) is 30.3 Å². The molecule has 0 heterocycles. The molecule has 0 aliphatic rings. The van der Waals surface area contributed by atoms with Crippen molar-refractivity contribution in [2.24, 2.45) is 11.1 Å². The Balaban J connectivity index is 2.81. The Morgan fingerprint density at radius 1 is 1.35 bits per heavy atom. The molecule has 0 unspecified atom stereocenters. The van der Waals surface area contributed by atoms with E-state index in [4.69, 9.17) is 10.8 Å². The van der Waals surface area contributed by atoms with E-state index < -0.39 is 12.0 Å². The zero-order valence-electron chi connectivity index (χ0n) is 11.9. The summed E-state index contributed by atoms with van der Waals surface area (Å²) in [6.45, 7) is 5.68. The zero-order chi connectivity index (χ0) is 15.3. The van der Waals surface area contributed by atoms with Gasteiger partial charge in [-0.3, -0.25) is 4.79 Å². The van der Waals surface area contributed by atoms with Crippen molar-refractivity contribution < 1.29 is 14.7 Å². The van der Waals surface area contributed by atoms with E-state index in [0.717, 1.165) is 6.08 Å². The first-order valence-electron chi connectivity index (χ1n) is 6.27. The molecule has 0 spiro atoms. The van der Waals surface area contributed by atoms with Crippen molar-refractivity contribution in [2.45, 2.75) is 26.8 Å². The first-order valence-corrected chi connectivity index (χ1v) is 6.27. The number of carboxylic acids is 1. The molecule has 5 heteroatoms. The Kier molecular flexibility index (Phi) is 5.05. The summed E-state index contributed by atoms with van der Waals surface area (Å²) in [6.07, 6.45) is 2.50. The number of carbonyl (C=O) groups is 2. The molecule has 0 aliphatic heterocycles. The number of hydrogen-bond donors (Lipinski definition) is 3. The molecule has 0 bridgehead atoms. The summed E-state index contributed by atoms with van der Waals surface area (Å²) < 4.78 is 0. The summed E-state index contributed by atoms with van der Waals surface area (Å²) in [6, 6.07) is 6.28. The van der Waals surface area contributed by atoms with Crippen molar-refractivity contribution in [2.75, 3.05) is 5.32 Å². The lowest BCUT2D eigenvalue weighted by Gasteiger charge is -2.25. The number of carboxylic acid groups (broad SMARTS) is 1. The fourth-order valence-electron chi connectivity index (χ4n) is 1.50. The molecule has 1 rings (SSSR count). The van der Waals surface area contributed by atoms with Crippen molar-refractivity contribution in [1.82, 2.24) is 0 Å². The van der Waals surface area contributed by atoms with Crippen molar-refractivity contribution in [1.29, 1.82) is 0 Å². The van der Waals surface area contributed by atoms with Crippen LogP contribution in [0.1, 0.15) is 26.3 Å². The number of carbonyl (C=O) groups excluding carboxylic acids is 1. The lowest BCUT2D eigenvalue weighted by atomic mass is 9.87. The zero-order valence-corrected chi connectivity index (χ0v) is 11.9. The predicted molar refractivity (Wildman–Crippen MR) is 79.2 cm³/mol. The van der Waals surface area contributed by atoms with Crippen LogP contribution in [0, 0.1) is 5.41 Å². The molecule has 0 aromatic heterocycles. The van der Waals surface area contributed by atoms with Crippen LogP contribution in [-0.4, -0.2) is 23.0 Å². The van der Waals surface area contributed by atoms with Gasteiger partial charge in [0.2, 0.25) is 5.91 Å². The standard InChI is InChI=1S/C15H20N2O3/c1-15(2,3)13(16)14(20)17-11-6-4-5-10(9-11)7-8-12(18)19/h4-9,13H,16H2,1-3H3,(H,17,20)(H,18,19)/b8-7+/t13-/m0/s1. The van der Waals surface area contributed by atoms with Gasteiger partial charge in [0.25, 0.3) is 0 Å². The summed E-state index contributed by atoms with van der Waals surface area (Å²) in [7, 11) is 0. The number of anilines is 1. The second-order valence-electron chi connectivity index (χ2n) is 5.63. The maximum Gasteiger partial charge on any atom is 0.328 e. The van der Waals surface area contributed by atoms with Gasteiger partial charge in [-0.2, -0.15) is 0 Å². The Labute approximate surface area is 118 Å². The van der Waals surface area contributed by atoms with Gasteiger partial charge in [-0.1, -0.05) is 32.9 Å². The molecule has 0 radical (unpaired) electrons. The number of aliphatic carboxylic acids is 1. The van der Waals surface area contributed by atoms with Gasteiger partial charge in [0, 0.05) is 11.8 Å². The minimum absolute atomic E-state index is 0.267. The largest absolute Gasteiger partial charge is 0.478 e. The molecule has 108 valence electrons. The van der Waals surface area contributed by atoms with Gasteiger partial charge in [-0.25, -0.2) is 4.79 Å². The molecule has 0 fully saturated rings. The third kappa shape index (κ3) is 4.85. The van der Waals surface area contributed by atoms with Crippen LogP contribution in [0.4, 0.5) is 5.69 Å². The molecule has 0 saturated heterocycles. The van der Waals surface area contributed by atoms with Crippen LogP contribution < -0.4 is 11.1 Å². The molecule has 5 nitrogen and oxygen atoms in total. The normalized spacial score (nSPS) is 13.2. The molecule has 1 aromatic rings. The monoisotopic (exact) mass is 276 g/mol. The van der Waals surface area contributed by atoms with E-state index in [2.05, 4.69) is 5.32 Å². The molecule has 0 saturated carbocycles. The van der Waals surface area contributed by atoms with Gasteiger partial charge in [0.05, 0.1) is 6.04 Å². The van der Waals surface area contributed by atoms with E-state index in [9.17, 15) is 9.59 Å². The molecule has 1 aromatic carbocycles. The average Bonchev–Trinajstić information content (AvgIpc) is 2.34. The van der Waals surface area contributed by atoms with Gasteiger partial charge in [0.1, 0.15) is 0 Å². The minimum atomic E-state index is -1.02. The third-order valence-electron chi connectivity index (χ3n) is 2.79. The first kappa shape index (κ1) is 15.9. The van der Waals surface area contributed by atoms with E-state index in [1.165, 1.54) is 6.08 Å². The molecular formula is C15H20N2O3. The summed E-state index contributed by atoms with van der Waals surface area (Å²) in [5.41, 5.74) is 6.82. The maximum absolute atomic E-state index is 12.0. The molecule has 0 aliphatic carbocycles. The minimum Gasteiger partial charge on any atom is -0.478 e. The van der Waals surface area contributed by atoms with E-state index >= 15 is 0 Å². The lowest BCUT2D eigenvalue weighted by molar-refractivity contribution is -0.131. The van der Waals surface area contributed by atoms with Gasteiger partial charge in [-0.15, -0.1) is 0 Å². The van der Waals surface area contributed by atoms with Crippen molar-refractivity contribution in [3.63, 3.8) is 0 Å². The number of nitrogens with one attached hydrogen (secondary N) is 1. The Morgan fingerprint density at radius 2 is 2.00 bits per heavy atom. The summed E-state index contributed by atoms with van der Waals surface area (Å²) in [5, 5.41) is 11.3. The second-order valence-corrected chi connectivity index (χ2v) is 5.63. The van der Waals surface area contributed by atoms with Crippen LogP contribution in [0.25, 0.3) is 6.08 Å². The molecule has 1 amide bonds. The molecule has 1 atom stereocenters. The molecular weight excluding hydrogens is 256 g/mol. The fraction of sp³-hybridized carbons (Fsp3) is 0.333. The number of rotatable bonds is 4. The highest BCUT2D eigenvalue weighted by molar-refractivity contribution is 5.95. The quantitative estimate of drug-likeness (QED) is 0.734. The number of benzene rings is 1. The second kappa shape index (κ2) is 6.34.